The van der Waals surface area contributed by atoms with Gasteiger partial charge in [-0.2, -0.15) is 0 Å². The number of anilines is 1. The van der Waals surface area contributed by atoms with Crippen LogP contribution in [0.1, 0.15) is 15.9 Å². The zero-order chi connectivity index (χ0) is 18.4. The molecule has 2 N–H and O–H groups in total. The van der Waals surface area contributed by atoms with Crippen LogP contribution in [0.25, 0.3) is 0 Å². The van der Waals surface area contributed by atoms with E-state index in [0.29, 0.717) is 37.4 Å². The van der Waals surface area contributed by atoms with Gasteiger partial charge in [0.05, 0.1) is 12.7 Å². The number of rotatable bonds is 5. The number of hydrogen-bond donors (Lipinski definition) is 2. The van der Waals surface area contributed by atoms with Crippen LogP contribution in [0.15, 0.2) is 42.5 Å². The number of ether oxygens (including phenoxy) is 3. The van der Waals surface area contributed by atoms with Crippen molar-refractivity contribution in [1.29, 1.82) is 0 Å². The Labute approximate surface area is 151 Å². The molecule has 0 fully saturated rings. The van der Waals surface area contributed by atoms with Crippen LogP contribution in [-0.4, -0.2) is 38.9 Å². The Kier molecular flexibility index (Phi) is 5.58. The lowest BCUT2D eigenvalue weighted by molar-refractivity contribution is 0.0600. The molecular formula is C19H20N2O5. The molecule has 0 radical (unpaired) electrons. The quantitative estimate of drug-likeness (QED) is 0.805. The van der Waals surface area contributed by atoms with Crippen LogP contribution in [0.3, 0.4) is 0 Å². The highest BCUT2D eigenvalue weighted by Crippen LogP contribution is 2.30. The van der Waals surface area contributed by atoms with Gasteiger partial charge in [0.25, 0.3) is 0 Å². The summed E-state index contributed by atoms with van der Waals surface area (Å²) < 4.78 is 15.7. The molecule has 0 spiro atoms. The van der Waals surface area contributed by atoms with Crippen LogP contribution in [0.4, 0.5) is 10.5 Å². The molecule has 2 aromatic carbocycles. The Morgan fingerprint density at radius 2 is 1.88 bits per heavy atom. The number of fused-ring (bicyclic) bond motifs is 1. The number of nitrogens with one attached hydrogen (secondary N) is 2. The summed E-state index contributed by atoms with van der Waals surface area (Å²) >= 11 is 0. The van der Waals surface area contributed by atoms with Crippen LogP contribution >= 0.6 is 0 Å². The molecule has 1 aliphatic heterocycles. The van der Waals surface area contributed by atoms with Gasteiger partial charge in [0.1, 0.15) is 13.2 Å². The average molecular weight is 356 g/mol. The number of urea groups is 1. The monoisotopic (exact) mass is 356 g/mol. The number of benzene rings is 2. The highest BCUT2D eigenvalue weighted by atomic mass is 16.6. The third-order valence-corrected chi connectivity index (χ3v) is 3.85. The Bertz CT molecular complexity index is 806. The molecule has 0 aromatic heterocycles. The lowest BCUT2D eigenvalue weighted by Crippen LogP contribution is -2.30. The maximum Gasteiger partial charge on any atom is 0.337 e. The second-order valence-corrected chi connectivity index (χ2v) is 5.68. The highest BCUT2D eigenvalue weighted by Gasteiger charge is 2.12. The zero-order valence-electron chi connectivity index (χ0n) is 14.4. The average Bonchev–Trinajstić information content (AvgIpc) is 2.67. The van der Waals surface area contributed by atoms with Crippen molar-refractivity contribution < 1.29 is 23.8 Å². The summed E-state index contributed by atoms with van der Waals surface area (Å²) in [4.78, 5) is 23.5. The molecule has 7 nitrogen and oxygen atoms in total. The Balaban J connectivity index is 1.49. The third kappa shape index (κ3) is 4.44. The first-order chi connectivity index (χ1) is 12.7. The van der Waals surface area contributed by atoms with E-state index in [1.165, 1.54) is 7.11 Å². The Hall–Kier alpha value is -3.22. The minimum absolute atomic E-state index is 0.343. The number of amides is 2. The van der Waals surface area contributed by atoms with Gasteiger partial charge in [-0.05, 0) is 42.3 Å². The van der Waals surface area contributed by atoms with Crippen molar-refractivity contribution >= 4 is 17.7 Å². The summed E-state index contributed by atoms with van der Waals surface area (Å²) in [7, 11) is 1.31. The predicted octanol–water partition coefficient (Wildman–Crippen LogP) is 2.61. The third-order valence-electron chi connectivity index (χ3n) is 3.85. The van der Waals surface area contributed by atoms with E-state index < -0.39 is 5.97 Å². The summed E-state index contributed by atoms with van der Waals surface area (Å²) in [5.74, 6) is 1.03. The SMILES string of the molecule is COC(=O)c1cccc(NC(=O)NCCc2ccc3c(c2)OCCO3)c1. The maximum atomic E-state index is 12.0. The van der Waals surface area contributed by atoms with Crippen LogP contribution in [0.2, 0.25) is 0 Å². The van der Waals surface area contributed by atoms with Crippen molar-refractivity contribution in [3.63, 3.8) is 0 Å². The molecule has 0 atom stereocenters. The minimum atomic E-state index is -0.451. The Morgan fingerprint density at radius 3 is 2.69 bits per heavy atom. The molecule has 2 amide bonds. The Morgan fingerprint density at radius 1 is 1.08 bits per heavy atom. The fraction of sp³-hybridized carbons (Fsp3) is 0.263. The summed E-state index contributed by atoms with van der Waals surface area (Å²) in [6.07, 6.45) is 0.659. The van der Waals surface area contributed by atoms with Crippen molar-refractivity contribution in [1.82, 2.24) is 5.32 Å². The van der Waals surface area contributed by atoms with Gasteiger partial charge in [0, 0.05) is 12.2 Å². The molecule has 1 aliphatic rings. The van der Waals surface area contributed by atoms with Crippen molar-refractivity contribution in [2.24, 2.45) is 0 Å². The van der Waals surface area contributed by atoms with E-state index in [-0.39, 0.29) is 6.03 Å². The van der Waals surface area contributed by atoms with E-state index in [1.807, 2.05) is 18.2 Å². The normalized spacial score (nSPS) is 12.2. The fourth-order valence-electron chi connectivity index (χ4n) is 2.58. The second-order valence-electron chi connectivity index (χ2n) is 5.68. The van der Waals surface area contributed by atoms with Gasteiger partial charge in [0.15, 0.2) is 11.5 Å². The molecule has 0 saturated heterocycles. The number of hydrogen-bond acceptors (Lipinski definition) is 5. The predicted molar refractivity (Wildman–Crippen MR) is 95.9 cm³/mol. The summed E-state index contributed by atoms with van der Waals surface area (Å²) in [5, 5.41) is 5.48. The molecule has 7 heteroatoms. The standard InChI is InChI=1S/C19H20N2O5/c1-24-18(22)14-3-2-4-15(12-14)21-19(23)20-8-7-13-5-6-16-17(11-13)26-10-9-25-16/h2-6,11-12H,7-10H2,1H3,(H2,20,21,23). The van der Waals surface area contributed by atoms with Crippen molar-refractivity contribution in [3.8, 4) is 11.5 Å². The summed E-state index contributed by atoms with van der Waals surface area (Å²) in [5.41, 5.74) is 1.94. The van der Waals surface area contributed by atoms with Gasteiger partial charge in [0.2, 0.25) is 0 Å². The van der Waals surface area contributed by atoms with Crippen LogP contribution < -0.4 is 20.1 Å². The molecule has 0 aliphatic carbocycles. The number of esters is 1. The van der Waals surface area contributed by atoms with Gasteiger partial charge >= 0.3 is 12.0 Å². The molecule has 1 heterocycles. The summed E-state index contributed by atoms with van der Waals surface area (Å²) in [6, 6.07) is 12.0. The first-order valence-corrected chi connectivity index (χ1v) is 8.27. The van der Waals surface area contributed by atoms with E-state index in [2.05, 4.69) is 15.4 Å². The molecule has 0 unspecified atom stereocenters. The molecule has 3 rings (SSSR count). The van der Waals surface area contributed by atoms with Gasteiger partial charge in [-0.15, -0.1) is 0 Å². The molecule has 26 heavy (non-hydrogen) atoms. The number of methoxy groups -OCH3 is 1. The topological polar surface area (TPSA) is 85.9 Å². The van der Waals surface area contributed by atoms with Gasteiger partial charge in [-0.3, -0.25) is 0 Å². The van der Waals surface area contributed by atoms with Gasteiger partial charge in [-0.1, -0.05) is 12.1 Å². The molecule has 2 aromatic rings. The van der Waals surface area contributed by atoms with E-state index >= 15 is 0 Å². The largest absolute Gasteiger partial charge is 0.486 e. The molecule has 0 bridgehead atoms. The van der Waals surface area contributed by atoms with Crippen LogP contribution in [-0.2, 0) is 11.2 Å². The molecular weight excluding hydrogens is 336 g/mol. The van der Waals surface area contributed by atoms with E-state index in [1.54, 1.807) is 24.3 Å². The van der Waals surface area contributed by atoms with Crippen molar-refractivity contribution in [2.75, 3.05) is 32.2 Å². The van der Waals surface area contributed by atoms with Crippen molar-refractivity contribution in [2.45, 2.75) is 6.42 Å². The molecule has 0 saturated carbocycles. The number of carbonyl (C=O) groups is 2. The van der Waals surface area contributed by atoms with Crippen molar-refractivity contribution in [3.05, 3.63) is 53.6 Å². The lowest BCUT2D eigenvalue weighted by Gasteiger charge is -2.18. The first kappa shape index (κ1) is 17.6. The highest BCUT2D eigenvalue weighted by molar-refractivity contribution is 5.93. The number of carbonyl (C=O) groups excluding carboxylic acids is 2. The first-order valence-electron chi connectivity index (χ1n) is 8.27. The molecule has 136 valence electrons. The lowest BCUT2D eigenvalue weighted by atomic mass is 10.1. The van der Waals surface area contributed by atoms with Gasteiger partial charge in [-0.25, -0.2) is 9.59 Å². The van der Waals surface area contributed by atoms with E-state index in [0.717, 1.165) is 17.1 Å². The second kappa shape index (κ2) is 8.24. The summed E-state index contributed by atoms with van der Waals surface area (Å²) in [6.45, 7) is 1.56. The van der Waals surface area contributed by atoms with E-state index in [4.69, 9.17) is 9.47 Å². The van der Waals surface area contributed by atoms with E-state index in [9.17, 15) is 9.59 Å². The smallest absolute Gasteiger partial charge is 0.337 e. The van der Waals surface area contributed by atoms with Gasteiger partial charge < -0.3 is 24.8 Å². The minimum Gasteiger partial charge on any atom is -0.486 e. The maximum absolute atomic E-state index is 12.0. The zero-order valence-corrected chi connectivity index (χ0v) is 14.4. The van der Waals surface area contributed by atoms with Crippen LogP contribution in [0, 0.1) is 0 Å². The fourth-order valence-corrected chi connectivity index (χ4v) is 2.58. The van der Waals surface area contributed by atoms with Crippen LogP contribution in [0.5, 0.6) is 11.5 Å².